The number of hydrogen-bond donors (Lipinski definition) is 2. The summed E-state index contributed by atoms with van der Waals surface area (Å²) in [6, 6.07) is 18.9. The predicted molar refractivity (Wildman–Crippen MR) is 101 cm³/mol. The topological polar surface area (TPSA) is 58.9 Å². The molecule has 2 unspecified atom stereocenters. The van der Waals surface area contributed by atoms with Crippen LogP contribution < -0.4 is 9.47 Å². The van der Waals surface area contributed by atoms with E-state index in [9.17, 15) is 10.2 Å². The van der Waals surface area contributed by atoms with Crippen molar-refractivity contribution in [2.45, 2.75) is 18.6 Å². The van der Waals surface area contributed by atoms with Gasteiger partial charge in [-0.1, -0.05) is 60.7 Å². The molecular weight excluding hydrogens is 348 g/mol. The fourth-order valence-corrected chi connectivity index (χ4v) is 4.27. The highest BCUT2D eigenvalue weighted by molar-refractivity contribution is 7.13. The van der Waals surface area contributed by atoms with Crippen LogP contribution in [-0.4, -0.2) is 23.4 Å². The first-order valence-electron chi connectivity index (χ1n) is 8.64. The first-order chi connectivity index (χ1) is 12.8. The van der Waals surface area contributed by atoms with Crippen LogP contribution in [0.4, 0.5) is 0 Å². The molecule has 1 aliphatic heterocycles. The number of rotatable bonds is 4. The second-order valence-electron chi connectivity index (χ2n) is 6.17. The number of fused-ring (bicyclic) bond motifs is 1. The van der Waals surface area contributed by atoms with Gasteiger partial charge in [-0.15, -0.1) is 11.3 Å². The standard InChI is InChI=1S/C21H20O4S/c22-16(14-8-3-1-4-9-14)20-18-19(25-13-7-12-24-18)21(26-20)17(23)15-10-5-2-6-11-15/h1-6,8-11,16-17,22-23H,7,12-13H2. The summed E-state index contributed by atoms with van der Waals surface area (Å²) in [5.74, 6) is 1.10. The van der Waals surface area contributed by atoms with Crippen molar-refractivity contribution in [3.63, 3.8) is 0 Å². The van der Waals surface area contributed by atoms with Crippen LogP contribution in [0, 0.1) is 0 Å². The largest absolute Gasteiger partial charge is 0.488 e. The fourth-order valence-electron chi connectivity index (χ4n) is 3.05. The van der Waals surface area contributed by atoms with Gasteiger partial charge in [0.1, 0.15) is 12.2 Å². The molecule has 2 aromatic carbocycles. The van der Waals surface area contributed by atoms with E-state index in [0.29, 0.717) is 34.5 Å². The fraction of sp³-hybridized carbons (Fsp3) is 0.238. The molecule has 1 aromatic heterocycles. The molecule has 5 heteroatoms. The lowest BCUT2D eigenvalue weighted by Gasteiger charge is -2.12. The van der Waals surface area contributed by atoms with Gasteiger partial charge in [0.25, 0.3) is 0 Å². The molecule has 2 N–H and O–H groups in total. The Morgan fingerprint density at radius 3 is 1.54 bits per heavy atom. The molecule has 0 bridgehead atoms. The highest BCUT2D eigenvalue weighted by Crippen LogP contribution is 2.50. The molecule has 0 radical (unpaired) electrons. The van der Waals surface area contributed by atoms with Gasteiger partial charge in [0.05, 0.1) is 23.0 Å². The molecular formula is C21H20O4S. The highest BCUT2D eigenvalue weighted by atomic mass is 32.1. The highest BCUT2D eigenvalue weighted by Gasteiger charge is 2.31. The summed E-state index contributed by atoms with van der Waals surface area (Å²) >= 11 is 1.34. The van der Waals surface area contributed by atoms with Crippen LogP contribution in [0.15, 0.2) is 60.7 Å². The number of ether oxygens (including phenoxy) is 2. The molecule has 2 heterocycles. The lowest BCUT2D eigenvalue weighted by Crippen LogP contribution is -2.02. The summed E-state index contributed by atoms with van der Waals surface area (Å²) in [5, 5.41) is 21.8. The van der Waals surface area contributed by atoms with Gasteiger partial charge in [-0.3, -0.25) is 0 Å². The number of thiophene rings is 1. The average molecular weight is 368 g/mol. The van der Waals surface area contributed by atoms with E-state index in [1.807, 2.05) is 60.7 Å². The summed E-state index contributed by atoms with van der Waals surface area (Å²) in [5.41, 5.74) is 1.57. The van der Waals surface area contributed by atoms with Crippen molar-refractivity contribution < 1.29 is 19.7 Å². The van der Waals surface area contributed by atoms with Crippen molar-refractivity contribution in [2.75, 3.05) is 13.2 Å². The summed E-state index contributed by atoms with van der Waals surface area (Å²) in [6.45, 7) is 1.05. The van der Waals surface area contributed by atoms with Crippen LogP contribution in [0.1, 0.15) is 39.5 Å². The molecule has 3 aromatic rings. The van der Waals surface area contributed by atoms with Gasteiger partial charge in [-0.25, -0.2) is 0 Å². The first-order valence-corrected chi connectivity index (χ1v) is 9.45. The number of benzene rings is 2. The molecule has 134 valence electrons. The van der Waals surface area contributed by atoms with Crippen LogP contribution in [0.3, 0.4) is 0 Å². The maximum absolute atomic E-state index is 10.9. The summed E-state index contributed by atoms with van der Waals surface area (Å²) in [7, 11) is 0. The molecule has 0 saturated carbocycles. The molecule has 0 fully saturated rings. The van der Waals surface area contributed by atoms with Crippen molar-refractivity contribution in [3.05, 3.63) is 81.5 Å². The molecule has 4 nitrogen and oxygen atoms in total. The molecule has 26 heavy (non-hydrogen) atoms. The van der Waals surface area contributed by atoms with Gasteiger partial charge in [0, 0.05) is 6.42 Å². The zero-order valence-corrected chi connectivity index (χ0v) is 15.0. The lowest BCUT2D eigenvalue weighted by atomic mass is 10.1. The van der Waals surface area contributed by atoms with E-state index in [1.54, 1.807) is 0 Å². The van der Waals surface area contributed by atoms with Crippen molar-refractivity contribution >= 4 is 11.3 Å². The van der Waals surface area contributed by atoms with Crippen LogP contribution in [0.25, 0.3) is 0 Å². The Hall–Kier alpha value is -2.34. The molecule has 4 rings (SSSR count). The second-order valence-corrected chi connectivity index (χ2v) is 7.25. The summed E-state index contributed by atoms with van der Waals surface area (Å²) in [4.78, 5) is 1.33. The van der Waals surface area contributed by atoms with Crippen LogP contribution in [0.2, 0.25) is 0 Å². The Morgan fingerprint density at radius 2 is 1.12 bits per heavy atom. The first kappa shape index (κ1) is 17.1. The molecule has 0 saturated heterocycles. The maximum atomic E-state index is 10.9. The van der Waals surface area contributed by atoms with E-state index in [-0.39, 0.29) is 0 Å². The minimum atomic E-state index is -0.826. The Labute approximate surface area is 156 Å². The molecule has 0 amide bonds. The van der Waals surface area contributed by atoms with Gasteiger partial charge in [-0.2, -0.15) is 0 Å². The molecule has 1 aliphatic rings. The Bertz CT molecular complexity index is 790. The van der Waals surface area contributed by atoms with Gasteiger partial charge < -0.3 is 19.7 Å². The van der Waals surface area contributed by atoms with Crippen LogP contribution in [0.5, 0.6) is 11.5 Å². The monoisotopic (exact) mass is 368 g/mol. The minimum Gasteiger partial charge on any atom is -0.488 e. The zero-order chi connectivity index (χ0) is 17.9. The third kappa shape index (κ3) is 3.21. The molecule has 0 spiro atoms. The van der Waals surface area contributed by atoms with Gasteiger partial charge >= 0.3 is 0 Å². The molecule has 2 atom stereocenters. The third-order valence-electron chi connectivity index (χ3n) is 4.38. The predicted octanol–water partition coefficient (Wildman–Crippen LogP) is 4.07. The summed E-state index contributed by atoms with van der Waals surface area (Å²) in [6.07, 6.45) is -0.886. The van der Waals surface area contributed by atoms with Crippen molar-refractivity contribution in [3.8, 4) is 11.5 Å². The zero-order valence-electron chi connectivity index (χ0n) is 14.2. The third-order valence-corrected chi connectivity index (χ3v) is 5.64. The van der Waals surface area contributed by atoms with E-state index in [1.165, 1.54) is 11.3 Å². The van der Waals surface area contributed by atoms with E-state index in [0.717, 1.165) is 17.5 Å². The van der Waals surface area contributed by atoms with E-state index in [4.69, 9.17) is 9.47 Å². The Morgan fingerprint density at radius 1 is 0.692 bits per heavy atom. The quantitative estimate of drug-likeness (QED) is 0.729. The minimum absolute atomic E-state index is 0.527. The van der Waals surface area contributed by atoms with Crippen LogP contribution >= 0.6 is 11.3 Å². The van der Waals surface area contributed by atoms with Gasteiger partial charge in [0.15, 0.2) is 11.5 Å². The van der Waals surface area contributed by atoms with E-state index in [2.05, 4.69) is 0 Å². The van der Waals surface area contributed by atoms with E-state index < -0.39 is 12.2 Å². The Balaban J connectivity index is 1.79. The number of aliphatic hydroxyl groups excluding tert-OH is 2. The second kappa shape index (κ2) is 7.50. The SMILES string of the molecule is OC(c1ccccc1)c1sc(C(O)c2ccccc2)c2c1OCCCO2. The maximum Gasteiger partial charge on any atom is 0.178 e. The van der Waals surface area contributed by atoms with Gasteiger partial charge in [0.2, 0.25) is 0 Å². The van der Waals surface area contributed by atoms with Crippen molar-refractivity contribution in [2.24, 2.45) is 0 Å². The number of aliphatic hydroxyl groups is 2. The average Bonchev–Trinajstić information content (AvgIpc) is 2.89. The molecule has 0 aliphatic carbocycles. The van der Waals surface area contributed by atoms with E-state index >= 15 is 0 Å². The summed E-state index contributed by atoms with van der Waals surface area (Å²) < 4.78 is 11.8. The van der Waals surface area contributed by atoms with Crippen molar-refractivity contribution in [1.29, 1.82) is 0 Å². The number of hydrogen-bond acceptors (Lipinski definition) is 5. The normalized spacial score (nSPS) is 15.9. The smallest absolute Gasteiger partial charge is 0.178 e. The van der Waals surface area contributed by atoms with Crippen molar-refractivity contribution in [1.82, 2.24) is 0 Å². The lowest BCUT2D eigenvalue weighted by molar-refractivity contribution is 0.215. The van der Waals surface area contributed by atoms with Gasteiger partial charge in [-0.05, 0) is 11.1 Å². The van der Waals surface area contributed by atoms with Crippen LogP contribution in [-0.2, 0) is 0 Å². The Kier molecular flexibility index (Phi) is 4.93.